The highest BCUT2D eigenvalue weighted by atomic mass is 16.1. The number of hydrogen-bond donors (Lipinski definition) is 0. The number of nitrogens with zero attached hydrogens (tertiary/aromatic N) is 5. The first kappa shape index (κ1) is 13.5. The molecule has 1 atom stereocenters. The maximum absolute atomic E-state index is 12.6. The molecule has 0 amide bonds. The summed E-state index contributed by atoms with van der Waals surface area (Å²) in [5.74, 6) is 0. The largest absolute Gasteiger partial charge is 0.294 e. The second-order valence-corrected chi connectivity index (χ2v) is 5.33. The van der Waals surface area contributed by atoms with Crippen molar-refractivity contribution in [3.63, 3.8) is 0 Å². The van der Waals surface area contributed by atoms with Gasteiger partial charge in [-0.15, -0.1) is 0 Å². The Morgan fingerprint density at radius 2 is 2.05 bits per heavy atom. The molecule has 0 bridgehead atoms. The van der Waals surface area contributed by atoms with Crippen LogP contribution in [-0.2, 0) is 6.54 Å². The molecule has 1 aromatic carbocycles. The summed E-state index contributed by atoms with van der Waals surface area (Å²) in [6.45, 7) is 6.57. The van der Waals surface area contributed by atoms with Gasteiger partial charge >= 0.3 is 0 Å². The number of rotatable bonds is 3. The lowest BCUT2D eigenvalue weighted by Gasteiger charge is -2.15. The van der Waals surface area contributed by atoms with E-state index >= 15 is 0 Å². The fraction of sp³-hybridized carbons (Fsp3) is 0.333. The molecule has 0 radical (unpaired) electrons. The van der Waals surface area contributed by atoms with E-state index in [1.807, 2.05) is 32.9 Å². The number of aromatic nitrogens is 5. The zero-order valence-electron chi connectivity index (χ0n) is 12.3. The average molecular weight is 283 g/mol. The Hall–Kier alpha value is -2.50. The molecule has 6 nitrogen and oxygen atoms in total. The third-order valence-corrected chi connectivity index (χ3v) is 3.87. The second kappa shape index (κ2) is 5.12. The van der Waals surface area contributed by atoms with Crippen LogP contribution in [0, 0.1) is 13.8 Å². The van der Waals surface area contributed by atoms with E-state index in [-0.39, 0.29) is 11.6 Å². The van der Waals surface area contributed by atoms with Crippen LogP contribution in [0.25, 0.3) is 10.9 Å². The molecule has 2 heterocycles. The van der Waals surface area contributed by atoms with Crippen LogP contribution in [-0.4, -0.2) is 24.3 Å². The predicted molar refractivity (Wildman–Crippen MR) is 80.2 cm³/mol. The van der Waals surface area contributed by atoms with Crippen molar-refractivity contribution in [2.24, 2.45) is 0 Å². The minimum absolute atomic E-state index is 0.0179. The Balaban J connectivity index is 2.06. The van der Waals surface area contributed by atoms with Crippen LogP contribution < -0.4 is 5.56 Å². The molecule has 0 aliphatic carbocycles. The summed E-state index contributed by atoms with van der Waals surface area (Å²) in [5, 5.41) is 4.73. The van der Waals surface area contributed by atoms with Gasteiger partial charge < -0.3 is 0 Å². The molecular weight excluding hydrogens is 266 g/mol. The first-order chi connectivity index (χ1) is 10.1. The van der Waals surface area contributed by atoms with Gasteiger partial charge in [0.15, 0.2) is 0 Å². The van der Waals surface area contributed by atoms with Crippen molar-refractivity contribution >= 4 is 10.9 Å². The molecule has 0 unspecified atom stereocenters. The first-order valence-corrected chi connectivity index (χ1v) is 6.87. The van der Waals surface area contributed by atoms with Gasteiger partial charge in [-0.2, -0.15) is 5.10 Å². The van der Waals surface area contributed by atoms with Gasteiger partial charge in [-0.25, -0.2) is 9.97 Å². The third-order valence-electron chi connectivity index (χ3n) is 3.87. The molecule has 0 saturated carbocycles. The highest BCUT2D eigenvalue weighted by molar-refractivity contribution is 5.81. The number of aryl methyl sites for hydroxylation is 2. The maximum atomic E-state index is 12.6. The summed E-state index contributed by atoms with van der Waals surface area (Å²) < 4.78 is 3.36. The van der Waals surface area contributed by atoms with Crippen LogP contribution in [0.2, 0.25) is 0 Å². The van der Waals surface area contributed by atoms with E-state index in [9.17, 15) is 4.79 Å². The average Bonchev–Trinajstić information content (AvgIpc) is 2.96. The summed E-state index contributed by atoms with van der Waals surface area (Å²) in [5.41, 5.74) is 2.96. The number of hydrogen-bond acceptors (Lipinski definition) is 4. The van der Waals surface area contributed by atoms with Gasteiger partial charge in [-0.05, 0) is 38.0 Å². The van der Waals surface area contributed by atoms with Crippen LogP contribution in [0.3, 0.4) is 0 Å². The van der Waals surface area contributed by atoms with Gasteiger partial charge in [0.25, 0.3) is 5.56 Å². The Labute approximate surface area is 122 Å². The minimum atomic E-state index is -0.0438. The van der Waals surface area contributed by atoms with Crippen LogP contribution in [0.15, 0.2) is 35.9 Å². The van der Waals surface area contributed by atoms with Crippen molar-refractivity contribution in [1.29, 1.82) is 0 Å². The standard InChI is InChI=1S/C15H17N5O/c1-10-4-5-13-14(12(10)3)17-9-20(15(13)21)11(2)6-19-8-16-7-18-19/h4-5,7-9,11H,6H2,1-3H3/t11-/m0/s1. The molecule has 0 saturated heterocycles. The topological polar surface area (TPSA) is 65.6 Å². The van der Waals surface area contributed by atoms with E-state index in [1.165, 1.54) is 6.33 Å². The zero-order chi connectivity index (χ0) is 15.0. The maximum Gasteiger partial charge on any atom is 0.261 e. The lowest BCUT2D eigenvalue weighted by Crippen LogP contribution is -2.26. The fourth-order valence-corrected chi connectivity index (χ4v) is 2.45. The Kier molecular flexibility index (Phi) is 3.29. The van der Waals surface area contributed by atoms with Crippen LogP contribution >= 0.6 is 0 Å². The van der Waals surface area contributed by atoms with Crippen molar-refractivity contribution < 1.29 is 0 Å². The SMILES string of the molecule is Cc1ccc2c(=O)n([C@@H](C)Cn3cncn3)cnc2c1C. The molecule has 2 aromatic heterocycles. The van der Waals surface area contributed by atoms with Gasteiger partial charge in [0, 0.05) is 0 Å². The van der Waals surface area contributed by atoms with E-state index in [1.54, 1.807) is 21.9 Å². The van der Waals surface area contributed by atoms with Gasteiger partial charge in [0.05, 0.1) is 29.8 Å². The predicted octanol–water partition coefficient (Wildman–Crippen LogP) is 1.87. The molecule has 0 spiro atoms. The molecule has 3 rings (SSSR count). The Morgan fingerprint density at radius 3 is 2.76 bits per heavy atom. The van der Waals surface area contributed by atoms with E-state index in [0.29, 0.717) is 11.9 Å². The monoisotopic (exact) mass is 283 g/mol. The molecular formula is C15H17N5O. The molecule has 108 valence electrons. The summed E-state index contributed by atoms with van der Waals surface area (Å²) in [6, 6.07) is 3.77. The minimum Gasteiger partial charge on any atom is -0.294 e. The van der Waals surface area contributed by atoms with Gasteiger partial charge in [-0.1, -0.05) is 6.07 Å². The molecule has 6 heteroatoms. The smallest absolute Gasteiger partial charge is 0.261 e. The van der Waals surface area contributed by atoms with Gasteiger partial charge in [0.2, 0.25) is 0 Å². The van der Waals surface area contributed by atoms with Crippen molar-refractivity contribution in [3.05, 3.63) is 52.6 Å². The third kappa shape index (κ3) is 2.33. The first-order valence-electron chi connectivity index (χ1n) is 6.87. The molecule has 0 aliphatic rings. The summed E-state index contributed by atoms with van der Waals surface area (Å²) >= 11 is 0. The second-order valence-electron chi connectivity index (χ2n) is 5.33. The Morgan fingerprint density at radius 1 is 1.24 bits per heavy atom. The van der Waals surface area contributed by atoms with Gasteiger partial charge in [-0.3, -0.25) is 14.0 Å². The molecule has 21 heavy (non-hydrogen) atoms. The molecule has 0 N–H and O–H groups in total. The van der Waals surface area contributed by atoms with Crippen LogP contribution in [0.4, 0.5) is 0 Å². The lowest BCUT2D eigenvalue weighted by molar-refractivity contribution is 0.425. The van der Waals surface area contributed by atoms with E-state index in [0.717, 1.165) is 16.6 Å². The van der Waals surface area contributed by atoms with E-state index < -0.39 is 0 Å². The highest BCUT2D eigenvalue weighted by Crippen LogP contribution is 2.17. The number of fused-ring (bicyclic) bond motifs is 1. The van der Waals surface area contributed by atoms with Crippen molar-refractivity contribution in [1.82, 2.24) is 24.3 Å². The van der Waals surface area contributed by atoms with Gasteiger partial charge in [0.1, 0.15) is 12.7 Å². The normalized spacial score (nSPS) is 12.7. The highest BCUT2D eigenvalue weighted by Gasteiger charge is 2.12. The quantitative estimate of drug-likeness (QED) is 0.736. The van der Waals surface area contributed by atoms with E-state index in [4.69, 9.17) is 0 Å². The van der Waals surface area contributed by atoms with Crippen molar-refractivity contribution in [2.45, 2.75) is 33.4 Å². The van der Waals surface area contributed by atoms with Crippen molar-refractivity contribution in [2.75, 3.05) is 0 Å². The van der Waals surface area contributed by atoms with Crippen LogP contribution in [0.1, 0.15) is 24.1 Å². The molecule has 0 aliphatic heterocycles. The summed E-state index contributed by atoms with van der Waals surface area (Å²) in [6.07, 6.45) is 4.75. The summed E-state index contributed by atoms with van der Waals surface area (Å²) in [4.78, 5) is 21.0. The Bertz CT molecular complexity index is 835. The van der Waals surface area contributed by atoms with Crippen molar-refractivity contribution in [3.8, 4) is 0 Å². The van der Waals surface area contributed by atoms with E-state index in [2.05, 4.69) is 15.1 Å². The number of benzene rings is 1. The molecule has 0 fully saturated rings. The fourth-order valence-electron chi connectivity index (χ4n) is 2.45. The van der Waals surface area contributed by atoms with Crippen LogP contribution in [0.5, 0.6) is 0 Å². The molecule has 3 aromatic rings. The zero-order valence-corrected chi connectivity index (χ0v) is 12.3. The lowest BCUT2D eigenvalue weighted by atomic mass is 10.1. The summed E-state index contributed by atoms with van der Waals surface area (Å²) in [7, 11) is 0.